The van der Waals surface area contributed by atoms with Crippen molar-refractivity contribution >= 4 is 15.9 Å². The molecule has 0 aromatic rings. The molecule has 0 aromatic heterocycles. The smallest absolute Gasteiger partial charge is 0.00338 e. The number of halogens is 1. The average molecular weight is 361 g/mol. The Bertz CT molecular complexity index is 212. The summed E-state index contributed by atoms with van der Waals surface area (Å²) in [4.78, 5) is 0. The first-order valence-corrected chi connectivity index (χ1v) is 10.6. The predicted molar refractivity (Wildman–Crippen MR) is 102 cm³/mol. The molecule has 0 aliphatic heterocycles. The monoisotopic (exact) mass is 360 g/mol. The van der Waals surface area contributed by atoms with Crippen LogP contribution in [0.1, 0.15) is 98.8 Å². The van der Waals surface area contributed by atoms with Crippen molar-refractivity contribution in [3.05, 3.63) is 0 Å². The minimum Gasteiger partial charge on any atom is -0.0928 e. The van der Waals surface area contributed by atoms with Crippen LogP contribution in [-0.4, -0.2) is 5.33 Å². The lowest BCUT2D eigenvalue weighted by molar-refractivity contribution is 0.377. The van der Waals surface area contributed by atoms with Crippen LogP contribution in [0.2, 0.25) is 0 Å². The lowest BCUT2D eigenvalue weighted by Crippen LogP contribution is -2.01. The molecule has 0 radical (unpaired) electrons. The molecular formula is C20H41Br. The van der Waals surface area contributed by atoms with E-state index in [0.29, 0.717) is 0 Å². The van der Waals surface area contributed by atoms with Crippen molar-refractivity contribution in [2.75, 3.05) is 5.33 Å². The standard InChI is InChI=1S/C20H41Br/c1-17(2)9-6-10-18(3)11-7-12-19(4)13-8-14-20(5)15-16-21/h17-20H,6-16H2,1-5H3/t18-,19+,20-/m0/s1. The largest absolute Gasteiger partial charge is 0.0928 e. The average Bonchev–Trinajstić information content (AvgIpc) is 2.38. The van der Waals surface area contributed by atoms with E-state index < -0.39 is 0 Å². The molecule has 0 amide bonds. The molecule has 0 rings (SSSR count). The highest BCUT2D eigenvalue weighted by Crippen LogP contribution is 2.22. The zero-order valence-corrected chi connectivity index (χ0v) is 17.1. The maximum atomic E-state index is 3.54. The third-order valence-electron chi connectivity index (χ3n) is 4.87. The van der Waals surface area contributed by atoms with Crippen molar-refractivity contribution in [1.29, 1.82) is 0 Å². The van der Waals surface area contributed by atoms with E-state index in [9.17, 15) is 0 Å². The van der Waals surface area contributed by atoms with E-state index in [4.69, 9.17) is 0 Å². The molecule has 3 atom stereocenters. The summed E-state index contributed by atoms with van der Waals surface area (Å²) in [5.74, 6) is 3.65. The summed E-state index contributed by atoms with van der Waals surface area (Å²) in [6.07, 6.45) is 14.2. The van der Waals surface area contributed by atoms with Crippen molar-refractivity contribution in [3.63, 3.8) is 0 Å². The minimum absolute atomic E-state index is 0.879. The van der Waals surface area contributed by atoms with Crippen LogP contribution >= 0.6 is 15.9 Å². The highest BCUT2D eigenvalue weighted by molar-refractivity contribution is 9.09. The van der Waals surface area contributed by atoms with Crippen LogP contribution in [0.25, 0.3) is 0 Å². The van der Waals surface area contributed by atoms with Crippen molar-refractivity contribution in [2.24, 2.45) is 23.7 Å². The molecule has 0 saturated heterocycles. The first kappa shape index (κ1) is 21.5. The van der Waals surface area contributed by atoms with E-state index in [1.165, 1.54) is 69.5 Å². The zero-order valence-electron chi connectivity index (χ0n) is 15.5. The van der Waals surface area contributed by atoms with Gasteiger partial charge in [-0.2, -0.15) is 0 Å². The third-order valence-corrected chi connectivity index (χ3v) is 5.33. The van der Waals surface area contributed by atoms with Crippen LogP contribution in [0.15, 0.2) is 0 Å². The van der Waals surface area contributed by atoms with Gasteiger partial charge in [0, 0.05) is 5.33 Å². The fraction of sp³-hybridized carbons (Fsp3) is 1.00. The summed E-state index contributed by atoms with van der Waals surface area (Å²) in [6, 6.07) is 0. The van der Waals surface area contributed by atoms with E-state index in [0.717, 1.165) is 23.7 Å². The van der Waals surface area contributed by atoms with Gasteiger partial charge in [0.2, 0.25) is 0 Å². The highest BCUT2D eigenvalue weighted by Gasteiger charge is 2.07. The number of hydrogen-bond acceptors (Lipinski definition) is 0. The third kappa shape index (κ3) is 15.2. The molecule has 0 aromatic carbocycles. The van der Waals surface area contributed by atoms with Gasteiger partial charge in [0.25, 0.3) is 0 Å². The second-order valence-corrected chi connectivity index (χ2v) is 8.77. The van der Waals surface area contributed by atoms with Crippen LogP contribution in [0.4, 0.5) is 0 Å². The quantitative estimate of drug-likeness (QED) is 0.276. The Morgan fingerprint density at radius 1 is 0.524 bits per heavy atom. The van der Waals surface area contributed by atoms with E-state index in [1.807, 2.05) is 0 Å². The number of alkyl halides is 1. The Morgan fingerprint density at radius 2 is 0.857 bits per heavy atom. The maximum Gasteiger partial charge on any atom is 0.00338 e. The van der Waals surface area contributed by atoms with E-state index in [-0.39, 0.29) is 0 Å². The minimum atomic E-state index is 0.879. The summed E-state index contributed by atoms with van der Waals surface area (Å²) in [5.41, 5.74) is 0. The van der Waals surface area contributed by atoms with Crippen LogP contribution in [0.5, 0.6) is 0 Å². The summed E-state index contributed by atoms with van der Waals surface area (Å²) in [6.45, 7) is 12.0. The predicted octanol–water partition coefficient (Wildman–Crippen LogP) is 7.85. The Hall–Kier alpha value is 0.480. The molecule has 0 saturated carbocycles. The second-order valence-electron chi connectivity index (χ2n) is 7.98. The van der Waals surface area contributed by atoms with Gasteiger partial charge in [0.15, 0.2) is 0 Å². The summed E-state index contributed by atoms with van der Waals surface area (Å²) in [5, 5.41) is 1.17. The van der Waals surface area contributed by atoms with Gasteiger partial charge in [-0.3, -0.25) is 0 Å². The van der Waals surface area contributed by atoms with Crippen molar-refractivity contribution < 1.29 is 0 Å². The van der Waals surface area contributed by atoms with Crippen LogP contribution in [0, 0.1) is 23.7 Å². The molecule has 0 aliphatic carbocycles. The molecule has 1 heteroatoms. The SMILES string of the molecule is CC(C)CCC[C@H](C)CCC[C@@H](C)CCC[C@H](C)CCBr. The summed E-state index contributed by atoms with van der Waals surface area (Å²) >= 11 is 3.54. The van der Waals surface area contributed by atoms with Crippen LogP contribution in [-0.2, 0) is 0 Å². The van der Waals surface area contributed by atoms with E-state index in [2.05, 4.69) is 50.5 Å². The molecule has 0 unspecified atom stereocenters. The fourth-order valence-electron chi connectivity index (χ4n) is 3.12. The lowest BCUT2D eigenvalue weighted by Gasteiger charge is -2.16. The topological polar surface area (TPSA) is 0 Å². The lowest BCUT2D eigenvalue weighted by atomic mass is 9.91. The first-order valence-electron chi connectivity index (χ1n) is 9.51. The van der Waals surface area contributed by atoms with Gasteiger partial charge in [-0.1, -0.05) is 108 Å². The molecule has 0 aliphatic rings. The second kappa shape index (κ2) is 14.1. The van der Waals surface area contributed by atoms with Gasteiger partial charge >= 0.3 is 0 Å². The highest BCUT2D eigenvalue weighted by atomic mass is 79.9. The Morgan fingerprint density at radius 3 is 1.19 bits per heavy atom. The summed E-state index contributed by atoms with van der Waals surface area (Å²) < 4.78 is 0. The van der Waals surface area contributed by atoms with Crippen molar-refractivity contribution in [2.45, 2.75) is 98.8 Å². The molecule has 21 heavy (non-hydrogen) atoms. The first-order chi connectivity index (χ1) is 9.95. The molecule has 0 fully saturated rings. The molecular weight excluding hydrogens is 320 g/mol. The van der Waals surface area contributed by atoms with Crippen LogP contribution < -0.4 is 0 Å². The molecule has 128 valence electrons. The molecule has 0 N–H and O–H groups in total. The molecule has 0 spiro atoms. The molecule has 0 heterocycles. The fourth-order valence-corrected chi connectivity index (χ4v) is 3.90. The van der Waals surface area contributed by atoms with Gasteiger partial charge < -0.3 is 0 Å². The Kier molecular flexibility index (Phi) is 14.4. The van der Waals surface area contributed by atoms with Crippen molar-refractivity contribution in [3.8, 4) is 0 Å². The van der Waals surface area contributed by atoms with E-state index >= 15 is 0 Å². The van der Waals surface area contributed by atoms with Gasteiger partial charge in [0.1, 0.15) is 0 Å². The zero-order chi connectivity index (χ0) is 16.1. The molecule has 0 nitrogen and oxygen atoms in total. The molecule has 0 bridgehead atoms. The Labute approximate surface area is 144 Å². The van der Waals surface area contributed by atoms with Gasteiger partial charge in [-0.15, -0.1) is 0 Å². The normalized spacial score (nSPS) is 16.1. The number of hydrogen-bond donors (Lipinski definition) is 0. The van der Waals surface area contributed by atoms with Gasteiger partial charge in [0.05, 0.1) is 0 Å². The van der Waals surface area contributed by atoms with Crippen molar-refractivity contribution in [1.82, 2.24) is 0 Å². The summed E-state index contributed by atoms with van der Waals surface area (Å²) in [7, 11) is 0. The Balaban J connectivity index is 3.45. The van der Waals surface area contributed by atoms with Gasteiger partial charge in [-0.05, 0) is 30.1 Å². The van der Waals surface area contributed by atoms with Gasteiger partial charge in [-0.25, -0.2) is 0 Å². The number of rotatable bonds is 14. The van der Waals surface area contributed by atoms with E-state index in [1.54, 1.807) is 0 Å². The maximum absolute atomic E-state index is 3.54. The van der Waals surface area contributed by atoms with Crippen LogP contribution in [0.3, 0.4) is 0 Å².